The Morgan fingerprint density at radius 3 is 2.91 bits per heavy atom. The van der Waals surface area contributed by atoms with Crippen LogP contribution in [0.3, 0.4) is 0 Å². The summed E-state index contributed by atoms with van der Waals surface area (Å²) < 4.78 is 24.7. The van der Waals surface area contributed by atoms with Gasteiger partial charge in [0.2, 0.25) is 5.91 Å². The molecule has 0 spiro atoms. The molecule has 180 valence electrons. The van der Waals surface area contributed by atoms with Crippen LogP contribution in [0.4, 0.5) is 15.9 Å². The molecule has 1 saturated heterocycles. The summed E-state index contributed by atoms with van der Waals surface area (Å²) in [7, 11) is 0. The molecule has 0 saturated carbocycles. The van der Waals surface area contributed by atoms with Crippen molar-refractivity contribution in [2.75, 3.05) is 18.4 Å². The number of likely N-dealkylation sites (tertiary alicyclic amines) is 1. The number of carbonyl (C=O) groups is 1. The Morgan fingerprint density at radius 2 is 2.20 bits per heavy atom. The zero-order chi connectivity index (χ0) is 24.4. The number of aromatic amines is 1. The maximum atomic E-state index is 14.9. The van der Waals surface area contributed by atoms with Crippen molar-refractivity contribution in [3.8, 4) is 5.75 Å². The van der Waals surface area contributed by atoms with Crippen LogP contribution in [0.25, 0.3) is 11.0 Å². The van der Waals surface area contributed by atoms with Gasteiger partial charge in [-0.1, -0.05) is 22.7 Å². The highest BCUT2D eigenvalue weighted by Gasteiger charge is 2.27. The van der Waals surface area contributed by atoms with Gasteiger partial charge in [0.05, 0.1) is 16.8 Å². The van der Waals surface area contributed by atoms with Crippen LogP contribution in [0.2, 0.25) is 4.34 Å². The van der Waals surface area contributed by atoms with Crippen LogP contribution in [0.1, 0.15) is 30.1 Å². The molecule has 35 heavy (non-hydrogen) atoms. The van der Waals surface area contributed by atoms with Crippen molar-refractivity contribution in [3.63, 3.8) is 0 Å². The van der Waals surface area contributed by atoms with Crippen molar-refractivity contribution in [1.82, 2.24) is 34.7 Å². The molecule has 0 bridgehead atoms. The molecule has 1 amide bonds. The second kappa shape index (κ2) is 9.92. The van der Waals surface area contributed by atoms with Gasteiger partial charge in [-0.15, -0.1) is 5.10 Å². The number of H-pyrrole nitrogens is 1. The summed E-state index contributed by atoms with van der Waals surface area (Å²) in [4.78, 5) is 22.3. The molecule has 0 atom stereocenters. The number of amides is 1. The number of benzene rings is 1. The number of nitrogens with zero attached hydrogens (tertiary/aromatic N) is 6. The SMILES string of the molecule is C=CC(=O)N1CCC(c2n[nH]c3ncnc(Nc4ccc(OCc5nnsc5Cl)cc4F)c23)CC1. The Hall–Kier alpha value is -3.64. The number of anilines is 2. The molecule has 3 aromatic heterocycles. The summed E-state index contributed by atoms with van der Waals surface area (Å²) in [6.45, 7) is 4.86. The van der Waals surface area contributed by atoms with Crippen LogP contribution in [0.15, 0.2) is 37.2 Å². The Balaban J connectivity index is 1.34. The average molecular weight is 515 g/mol. The minimum atomic E-state index is -0.516. The first-order chi connectivity index (χ1) is 17.0. The van der Waals surface area contributed by atoms with Crippen molar-refractivity contribution < 1.29 is 13.9 Å². The van der Waals surface area contributed by atoms with Crippen molar-refractivity contribution in [3.05, 3.63) is 58.7 Å². The molecule has 1 fully saturated rings. The zero-order valence-electron chi connectivity index (χ0n) is 18.4. The van der Waals surface area contributed by atoms with E-state index < -0.39 is 5.82 Å². The van der Waals surface area contributed by atoms with E-state index in [1.807, 2.05) is 0 Å². The quantitative estimate of drug-likeness (QED) is 0.352. The summed E-state index contributed by atoms with van der Waals surface area (Å²) in [6.07, 6.45) is 4.20. The predicted molar refractivity (Wildman–Crippen MR) is 129 cm³/mol. The van der Waals surface area contributed by atoms with Gasteiger partial charge < -0.3 is 15.0 Å². The molecule has 1 aliphatic heterocycles. The van der Waals surface area contributed by atoms with Crippen LogP contribution in [-0.2, 0) is 11.4 Å². The maximum absolute atomic E-state index is 14.9. The third kappa shape index (κ3) is 4.80. The van der Waals surface area contributed by atoms with Gasteiger partial charge in [-0.25, -0.2) is 14.4 Å². The van der Waals surface area contributed by atoms with Gasteiger partial charge >= 0.3 is 0 Å². The first-order valence-electron chi connectivity index (χ1n) is 10.8. The number of rotatable bonds is 7. The van der Waals surface area contributed by atoms with E-state index in [0.29, 0.717) is 45.7 Å². The standard InChI is InChI=1S/C22H20ClFN8O2S/c1-2-17(33)32-7-5-12(6-8-32)19-18-21(25-11-26-22(18)30-29-19)27-15-4-3-13(9-14(15)24)34-10-16-20(23)35-31-28-16/h2-4,9,11-12H,1,5-8,10H2,(H2,25,26,27,29,30). The second-order valence-corrected chi connectivity index (χ2v) is 9.26. The smallest absolute Gasteiger partial charge is 0.245 e. The number of ether oxygens (including phenoxy) is 1. The molecule has 0 unspecified atom stereocenters. The largest absolute Gasteiger partial charge is 0.487 e. The lowest BCUT2D eigenvalue weighted by Crippen LogP contribution is -2.36. The number of piperidine rings is 1. The van der Waals surface area contributed by atoms with E-state index in [1.165, 1.54) is 18.5 Å². The summed E-state index contributed by atoms with van der Waals surface area (Å²) in [5.74, 6) is 0.288. The molecule has 13 heteroatoms. The number of nitrogens with one attached hydrogen (secondary N) is 2. The van der Waals surface area contributed by atoms with Crippen LogP contribution in [0, 0.1) is 5.82 Å². The molecule has 0 radical (unpaired) electrons. The summed E-state index contributed by atoms with van der Waals surface area (Å²) in [5, 5.41) is 15.1. The van der Waals surface area contributed by atoms with Crippen molar-refractivity contribution in [1.29, 1.82) is 0 Å². The van der Waals surface area contributed by atoms with Gasteiger partial charge in [0.1, 0.15) is 40.3 Å². The van der Waals surface area contributed by atoms with Gasteiger partial charge in [-0.2, -0.15) is 5.10 Å². The van der Waals surface area contributed by atoms with Gasteiger partial charge in [0, 0.05) is 36.6 Å². The molecule has 1 aliphatic rings. The summed E-state index contributed by atoms with van der Waals surface area (Å²) in [6, 6.07) is 4.48. The van der Waals surface area contributed by atoms with Crippen LogP contribution in [-0.4, -0.2) is 53.6 Å². The fraction of sp³-hybridized carbons (Fsp3) is 0.273. The van der Waals surface area contributed by atoms with Crippen LogP contribution >= 0.6 is 23.1 Å². The molecule has 10 nitrogen and oxygen atoms in total. The number of hydrogen-bond acceptors (Lipinski definition) is 9. The zero-order valence-corrected chi connectivity index (χ0v) is 19.9. The third-order valence-electron chi connectivity index (χ3n) is 5.83. The molecule has 2 N–H and O–H groups in total. The van der Waals surface area contributed by atoms with Crippen LogP contribution < -0.4 is 10.1 Å². The summed E-state index contributed by atoms with van der Waals surface area (Å²) >= 11 is 7.04. The second-order valence-electron chi connectivity index (χ2n) is 7.91. The average Bonchev–Trinajstić information content (AvgIpc) is 3.50. The van der Waals surface area contributed by atoms with Gasteiger partial charge in [-0.05, 0) is 31.1 Å². The van der Waals surface area contributed by atoms with Gasteiger partial charge in [0.15, 0.2) is 5.65 Å². The number of fused-ring (bicyclic) bond motifs is 1. The van der Waals surface area contributed by atoms with E-state index in [9.17, 15) is 9.18 Å². The maximum Gasteiger partial charge on any atom is 0.245 e. The fourth-order valence-corrected chi connectivity index (χ4v) is 4.63. The van der Waals surface area contributed by atoms with E-state index in [0.717, 1.165) is 30.1 Å². The monoisotopic (exact) mass is 514 g/mol. The van der Waals surface area contributed by atoms with Crippen molar-refractivity contribution >= 4 is 51.6 Å². The summed E-state index contributed by atoms with van der Waals surface area (Å²) in [5.41, 5.74) is 2.07. The highest BCUT2D eigenvalue weighted by Crippen LogP contribution is 2.35. The van der Waals surface area contributed by atoms with E-state index in [2.05, 4.69) is 41.6 Å². The molecule has 5 rings (SSSR count). The highest BCUT2D eigenvalue weighted by molar-refractivity contribution is 7.10. The first kappa shape index (κ1) is 23.1. The minimum Gasteiger partial charge on any atom is -0.487 e. The molecular weight excluding hydrogens is 495 g/mol. The lowest BCUT2D eigenvalue weighted by atomic mass is 9.92. The molecule has 4 heterocycles. The number of halogens is 2. The predicted octanol–water partition coefficient (Wildman–Crippen LogP) is 4.21. The van der Waals surface area contributed by atoms with E-state index in [1.54, 1.807) is 17.0 Å². The third-order valence-corrected chi connectivity index (χ3v) is 6.82. The Kier molecular flexibility index (Phi) is 6.55. The molecule has 0 aliphatic carbocycles. The Labute approximate surface area is 208 Å². The lowest BCUT2D eigenvalue weighted by molar-refractivity contribution is -0.127. The molecule has 1 aromatic carbocycles. The topological polar surface area (TPSA) is 122 Å². The van der Waals surface area contributed by atoms with E-state index in [-0.39, 0.29) is 24.1 Å². The number of aromatic nitrogens is 6. The number of carbonyl (C=O) groups excluding carboxylic acids is 1. The number of hydrogen-bond donors (Lipinski definition) is 2. The first-order valence-corrected chi connectivity index (χ1v) is 11.9. The highest BCUT2D eigenvalue weighted by atomic mass is 35.5. The van der Waals surface area contributed by atoms with Gasteiger partial charge in [-0.3, -0.25) is 9.89 Å². The van der Waals surface area contributed by atoms with E-state index in [4.69, 9.17) is 16.3 Å². The Morgan fingerprint density at radius 1 is 1.37 bits per heavy atom. The normalized spacial score (nSPS) is 14.3. The van der Waals surface area contributed by atoms with E-state index >= 15 is 0 Å². The van der Waals surface area contributed by atoms with Gasteiger partial charge in [0.25, 0.3) is 0 Å². The minimum absolute atomic E-state index is 0.0738. The Bertz CT molecular complexity index is 1390. The molecule has 4 aromatic rings. The van der Waals surface area contributed by atoms with Crippen LogP contribution in [0.5, 0.6) is 5.75 Å². The van der Waals surface area contributed by atoms with Crippen molar-refractivity contribution in [2.24, 2.45) is 0 Å². The molecular formula is C22H20ClFN8O2S. The lowest BCUT2D eigenvalue weighted by Gasteiger charge is -2.30. The fourth-order valence-electron chi connectivity index (χ4n) is 4.02. The van der Waals surface area contributed by atoms with Crippen molar-refractivity contribution in [2.45, 2.75) is 25.4 Å².